The zero-order valence-electron chi connectivity index (χ0n) is 11.2. The average molecular weight is 300 g/mol. The van der Waals surface area contributed by atoms with E-state index in [1.807, 2.05) is 19.2 Å². The summed E-state index contributed by atoms with van der Waals surface area (Å²) in [5, 5.41) is 0. The van der Waals surface area contributed by atoms with Crippen molar-refractivity contribution in [3.05, 3.63) is 28.0 Å². The van der Waals surface area contributed by atoms with Gasteiger partial charge in [-0.05, 0) is 38.3 Å². The van der Waals surface area contributed by atoms with Crippen LogP contribution in [-0.4, -0.2) is 10.8 Å². The molecule has 0 aromatic carbocycles. The van der Waals surface area contributed by atoms with Crippen molar-refractivity contribution in [1.29, 1.82) is 0 Å². The van der Waals surface area contributed by atoms with Gasteiger partial charge in [0.05, 0.1) is 0 Å². The number of rotatable bonds is 4. The normalized spacial score (nSPS) is 9.47. The number of halogens is 1. The van der Waals surface area contributed by atoms with Crippen LogP contribution in [0, 0.1) is 6.92 Å². The predicted molar refractivity (Wildman–Crippen MR) is 76.3 cm³/mol. The molecule has 0 unspecified atom stereocenters. The Morgan fingerprint density at radius 3 is 2.35 bits per heavy atom. The number of pyridine rings is 1. The molecule has 0 fully saturated rings. The van der Waals surface area contributed by atoms with Crippen molar-refractivity contribution in [2.75, 3.05) is 0 Å². The molecule has 1 heterocycles. The summed E-state index contributed by atoms with van der Waals surface area (Å²) in [6.45, 7) is 7.85. The van der Waals surface area contributed by atoms with E-state index in [1.165, 1.54) is 16.5 Å². The van der Waals surface area contributed by atoms with E-state index < -0.39 is 0 Å². The molecule has 0 aliphatic rings. The molecule has 1 aromatic heterocycles. The lowest BCUT2D eigenvalue weighted by molar-refractivity contribution is -0.117. The molecule has 0 saturated carbocycles. The van der Waals surface area contributed by atoms with Gasteiger partial charge in [0.25, 0.3) is 0 Å². The highest BCUT2D eigenvalue weighted by Crippen LogP contribution is 2.19. The molecule has 2 nitrogen and oxygen atoms in total. The first-order chi connectivity index (χ1) is 8.02. The number of ketones is 1. The molecule has 0 amide bonds. The van der Waals surface area contributed by atoms with Crippen molar-refractivity contribution in [2.24, 2.45) is 0 Å². The summed E-state index contributed by atoms with van der Waals surface area (Å²) >= 11 is 3.51. The van der Waals surface area contributed by atoms with E-state index in [0.29, 0.717) is 0 Å². The fraction of sp³-hybridized carbons (Fsp3) is 0.571. The lowest BCUT2D eigenvalue weighted by Crippen LogP contribution is -1.92. The molecule has 0 aliphatic carbocycles. The van der Waals surface area contributed by atoms with Gasteiger partial charge in [-0.25, -0.2) is 0 Å². The van der Waals surface area contributed by atoms with Gasteiger partial charge in [-0.2, -0.15) is 0 Å². The third kappa shape index (κ3) is 7.27. The standard InChI is InChI=1S/C9H12BrN.C5H10O/c1-3-4-8-7(2)11-6-5-9(8)10;1-3-4-5(2)6/h5-6H,3-4H2,1-2H3;3-4H2,1-2H3. The van der Waals surface area contributed by atoms with Gasteiger partial charge in [0.1, 0.15) is 5.78 Å². The second-order valence-electron chi connectivity index (χ2n) is 4.06. The smallest absolute Gasteiger partial charge is 0.129 e. The zero-order chi connectivity index (χ0) is 13.3. The van der Waals surface area contributed by atoms with Crippen LogP contribution < -0.4 is 0 Å². The van der Waals surface area contributed by atoms with Gasteiger partial charge in [-0.1, -0.05) is 36.2 Å². The quantitative estimate of drug-likeness (QED) is 0.820. The topological polar surface area (TPSA) is 30.0 Å². The molecule has 17 heavy (non-hydrogen) atoms. The number of nitrogens with zero attached hydrogens (tertiary/aromatic N) is 1. The van der Waals surface area contributed by atoms with Crippen molar-refractivity contribution in [1.82, 2.24) is 4.98 Å². The Labute approximate surface area is 113 Å². The molecule has 0 atom stereocenters. The SMILES string of the molecule is CCCC(C)=O.CCCc1c(Br)ccnc1C. The largest absolute Gasteiger partial charge is 0.300 e. The summed E-state index contributed by atoms with van der Waals surface area (Å²) in [6, 6.07) is 2.00. The van der Waals surface area contributed by atoms with Crippen LogP contribution in [0.1, 0.15) is 51.3 Å². The number of carbonyl (C=O) groups is 1. The molecule has 0 spiro atoms. The van der Waals surface area contributed by atoms with Gasteiger partial charge in [0, 0.05) is 22.8 Å². The predicted octanol–water partition coefficient (Wildman–Crippen LogP) is 4.48. The van der Waals surface area contributed by atoms with Gasteiger partial charge in [-0.3, -0.25) is 4.98 Å². The van der Waals surface area contributed by atoms with E-state index in [0.717, 1.165) is 25.0 Å². The molecule has 1 aromatic rings. The van der Waals surface area contributed by atoms with E-state index >= 15 is 0 Å². The second-order valence-corrected chi connectivity index (χ2v) is 4.91. The van der Waals surface area contributed by atoms with E-state index in [4.69, 9.17) is 0 Å². The lowest BCUT2D eigenvalue weighted by atomic mass is 10.1. The molecule has 0 N–H and O–H groups in total. The first-order valence-corrected chi connectivity index (χ1v) is 6.91. The number of aryl methyl sites for hydroxylation is 1. The van der Waals surface area contributed by atoms with Crippen LogP contribution in [0.4, 0.5) is 0 Å². The van der Waals surface area contributed by atoms with Crippen molar-refractivity contribution in [2.45, 2.75) is 53.4 Å². The first kappa shape index (κ1) is 16.3. The van der Waals surface area contributed by atoms with Gasteiger partial charge in [0.15, 0.2) is 0 Å². The van der Waals surface area contributed by atoms with Crippen LogP contribution in [-0.2, 0) is 11.2 Å². The Hall–Kier alpha value is -0.700. The summed E-state index contributed by atoms with van der Waals surface area (Å²) in [7, 11) is 0. The summed E-state index contributed by atoms with van der Waals surface area (Å²) in [4.78, 5) is 14.3. The minimum absolute atomic E-state index is 0.289. The first-order valence-electron chi connectivity index (χ1n) is 6.12. The van der Waals surface area contributed by atoms with Crippen LogP contribution in [0.15, 0.2) is 16.7 Å². The Morgan fingerprint density at radius 2 is 2.00 bits per heavy atom. The number of Topliss-reactive ketones (excluding diaryl/α,β-unsaturated/α-hetero) is 1. The average Bonchev–Trinajstić information content (AvgIpc) is 2.24. The van der Waals surface area contributed by atoms with E-state index in [-0.39, 0.29) is 5.78 Å². The Kier molecular flexibility index (Phi) is 8.96. The van der Waals surface area contributed by atoms with E-state index in [2.05, 4.69) is 34.8 Å². The van der Waals surface area contributed by atoms with Crippen LogP contribution in [0.3, 0.4) is 0 Å². The minimum atomic E-state index is 0.289. The second kappa shape index (κ2) is 9.34. The Morgan fingerprint density at radius 1 is 1.35 bits per heavy atom. The van der Waals surface area contributed by atoms with Gasteiger partial charge in [0.2, 0.25) is 0 Å². The van der Waals surface area contributed by atoms with Gasteiger partial charge < -0.3 is 4.79 Å². The maximum atomic E-state index is 10.0. The fourth-order valence-corrected chi connectivity index (χ4v) is 2.07. The molecule has 96 valence electrons. The Bertz CT molecular complexity index is 330. The third-order valence-electron chi connectivity index (χ3n) is 2.32. The van der Waals surface area contributed by atoms with Crippen LogP contribution in [0.2, 0.25) is 0 Å². The van der Waals surface area contributed by atoms with E-state index in [1.54, 1.807) is 6.92 Å². The van der Waals surface area contributed by atoms with Crippen LogP contribution in [0.5, 0.6) is 0 Å². The maximum Gasteiger partial charge on any atom is 0.129 e. The number of hydrogen-bond donors (Lipinski definition) is 0. The minimum Gasteiger partial charge on any atom is -0.300 e. The summed E-state index contributed by atoms with van der Waals surface area (Å²) < 4.78 is 1.19. The van der Waals surface area contributed by atoms with Gasteiger partial charge in [-0.15, -0.1) is 0 Å². The molecule has 0 bridgehead atoms. The number of carbonyl (C=O) groups excluding carboxylic acids is 1. The zero-order valence-corrected chi connectivity index (χ0v) is 12.8. The number of aromatic nitrogens is 1. The number of hydrogen-bond acceptors (Lipinski definition) is 2. The summed E-state index contributed by atoms with van der Waals surface area (Å²) in [5.41, 5.74) is 2.48. The van der Waals surface area contributed by atoms with Crippen molar-refractivity contribution in [3.8, 4) is 0 Å². The third-order valence-corrected chi connectivity index (χ3v) is 3.06. The van der Waals surface area contributed by atoms with Crippen LogP contribution >= 0.6 is 15.9 Å². The molecular formula is C14H22BrNO. The van der Waals surface area contributed by atoms with Crippen LogP contribution in [0.25, 0.3) is 0 Å². The molecular weight excluding hydrogens is 278 g/mol. The monoisotopic (exact) mass is 299 g/mol. The highest BCUT2D eigenvalue weighted by Gasteiger charge is 2.01. The molecule has 1 rings (SSSR count). The molecule has 0 aliphatic heterocycles. The maximum absolute atomic E-state index is 10.0. The van der Waals surface area contributed by atoms with Crippen molar-refractivity contribution < 1.29 is 4.79 Å². The highest BCUT2D eigenvalue weighted by atomic mass is 79.9. The lowest BCUT2D eigenvalue weighted by Gasteiger charge is -2.04. The summed E-state index contributed by atoms with van der Waals surface area (Å²) in [5.74, 6) is 0.289. The molecule has 3 heteroatoms. The molecule has 0 radical (unpaired) electrons. The molecule has 0 saturated heterocycles. The fourth-order valence-electron chi connectivity index (χ4n) is 1.47. The summed E-state index contributed by atoms with van der Waals surface area (Å²) in [6.07, 6.45) is 5.83. The Balaban J connectivity index is 0.000000366. The van der Waals surface area contributed by atoms with Crippen molar-refractivity contribution in [3.63, 3.8) is 0 Å². The van der Waals surface area contributed by atoms with E-state index in [9.17, 15) is 4.79 Å². The highest BCUT2D eigenvalue weighted by molar-refractivity contribution is 9.10. The van der Waals surface area contributed by atoms with Crippen molar-refractivity contribution >= 4 is 21.7 Å². The van der Waals surface area contributed by atoms with Gasteiger partial charge >= 0.3 is 0 Å².